The monoisotopic (exact) mass is 560 g/mol. The number of para-hydroxylation sites is 1. The van der Waals surface area contributed by atoms with Gasteiger partial charge in [-0.15, -0.1) is 13.2 Å². The minimum Gasteiger partial charge on any atom is -0.256 e. The van der Waals surface area contributed by atoms with Crippen molar-refractivity contribution in [2.24, 2.45) is 0 Å². The van der Waals surface area contributed by atoms with Crippen LogP contribution in [0.2, 0.25) is 0 Å². The van der Waals surface area contributed by atoms with E-state index in [4.69, 9.17) is 0 Å². The number of benzene rings is 3. The summed E-state index contributed by atoms with van der Waals surface area (Å²) in [4.78, 5) is 3.98. The highest BCUT2D eigenvalue weighted by Gasteiger charge is 2.35. The van der Waals surface area contributed by atoms with Gasteiger partial charge in [0.25, 0.3) is 0 Å². The second-order valence-corrected chi connectivity index (χ2v) is 13.2. The van der Waals surface area contributed by atoms with Crippen molar-refractivity contribution in [1.29, 1.82) is 0 Å². The molecule has 0 fully saturated rings. The summed E-state index contributed by atoms with van der Waals surface area (Å²) < 4.78 is 71.6. The molecule has 0 N–H and O–H groups in total. The summed E-state index contributed by atoms with van der Waals surface area (Å²) in [6.07, 6.45) is 5.14. The van der Waals surface area contributed by atoms with E-state index in [-0.39, 0.29) is 15.8 Å². The molecule has 2 aromatic heterocycles. The number of sulfone groups is 1. The molecule has 2 atom stereocenters. The molecule has 0 aliphatic rings. The van der Waals surface area contributed by atoms with Crippen molar-refractivity contribution in [2.45, 2.75) is 22.3 Å². The number of aromatic nitrogens is 2. The molecule has 9 heteroatoms. The molecule has 0 saturated carbocycles. The van der Waals surface area contributed by atoms with Crippen LogP contribution < -0.4 is 0 Å². The maximum absolute atomic E-state index is 14.5. The maximum atomic E-state index is 14.5. The van der Waals surface area contributed by atoms with Crippen LogP contribution >= 0.6 is 0 Å². The highest BCUT2D eigenvalue weighted by molar-refractivity contribution is 7.92. The molecule has 0 aliphatic heterocycles. The summed E-state index contributed by atoms with van der Waals surface area (Å²) in [5.41, 5.74) is 2.49. The van der Waals surface area contributed by atoms with E-state index >= 15 is 0 Å². The molecule has 6 nitrogen and oxygen atoms in total. The first-order valence-electron chi connectivity index (χ1n) is 12.0. The topological polar surface area (TPSA) is 86.1 Å². The average molecular weight is 561 g/mol. The Bertz CT molecular complexity index is 1960. The zero-order valence-corrected chi connectivity index (χ0v) is 22.7. The Morgan fingerprint density at radius 2 is 1.56 bits per heavy atom. The number of hydrogen-bond acceptors (Lipinski definition) is 5. The Hall–Kier alpha value is -4.08. The van der Waals surface area contributed by atoms with Crippen molar-refractivity contribution in [1.82, 2.24) is 8.96 Å². The third-order valence-corrected chi connectivity index (χ3v) is 10.8. The van der Waals surface area contributed by atoms with Crippen LogP contribution in [0.5, 0.6) is 0 Å². The lowest BCUT2D eigenvalue weighted by atomic mass is 10.1. The lowest BCUT2D eigenvalue weighted by Crippen LogP contribution is -2.19. The van der Waals surface area contributed by atoms with Gasteiger partial charge in [0.1, 0.15) is 16.3 Å². The van der Waals surface area contributed by atoms with E-state index in [0.717, 1.165) is 27.9 Å². The molecular formula is C30H25FN2O4S2. The first-order chi connectivity index (χ1) is 18.6. The van der Waals surface area contributed by atoms with E-state index in [1.165, 1.54) is 24.4 Å². The predicted octanol–water partition coefficient (Wildman–Crippen LogP) is 6.44. The molecule has 0 spiro atoms. The van der Waals surface area contributed by atoms with Crippen LogP contribution in [0.4, 0.5) is 4.39 Å². The van der Waals surface area contributed by atoms with Crippen LogP contribution in [0.1, 0.15) is 27.2 Å². The van der Waals surface area contributed by atoms with E-state index in [2.05, 4.69) is 18.1 Å². The number of aryl methyl sites for hydroxylation is 1. The number of fused-ring (bicyclic) bond motifs is 2. The molecule has 0 amide bonds. The largest absolute Gasteiger partial charge is 0.256 e. The summed E-state index contributed by atoms with van der Waals surface area (Å²) in [7, 11) is -8.56. The van der Waals surface area contributed by atoms with Gasteiger partial charge in [-0.05, 0) is 48.4 Å². The number of pyridine rings is 1. The highest BCUT2D eigenvalue weighted by atomic mass is 32.2. The van der Waals surface area contributed by atoms with E-state index in [1.807, 2.05) is 6.92 Å². The molecule has 5 rings (SSSR count). The van der Waals surface area contributed by atoms with Gasteiger partial charge in [0.05, 0.1) is 15.9 Å². The molecule has 2 unspecified atom stereocenters. The van der Waals surface area contributed by atoms with Crippen molar-refractivity contribution in [2.75, 3.05) is 0 Å². The minimum absolute atomic E-state index is 0.0383. The first-order valence-corrected chi connectivity index (χ1v) is 15.1. The Morgan fingerprint density at radius 3 is 2.26 bits per heavy atom. The molecular weight excluding hydrogens is 535 g/mol. The molecule has 0 aliphatic carbocycles. The van der Waals surface area contributed by atoms with Gasteiger partial charge in [0, 0.05) is 23.2 Å². The van der Waals surface area contributed by atoms with Crippen LogP contribution in [-0.4, -0.2) is 25.8 Å². The van der Waals surface area contributed by atoms with Crippen molar-refractivity contribution >= 4 is 41.7 Å². The Morgan fingerprint density at radius 1 is 0.872 bits per heavy atom. The van der Waals surface area contributed by atoms with Gasteiger partial charge >= 0.3 is 0 Å². The zero-order chi connectivity index (χ0) is 27.9. The van der Waals surface area contributed by atoms with Gasteiger partial charge in [-0.3, -0.25) is 4.98 Å². The van der Waals surface area contributed by atoms with Gasteiger partial charge < -0.3 is 0 Å². The van der Waals surface area contributed by atoms with Crippen LogP contribution in [0.25, 0.3) is 21.8 Å². The summed E-state index contributed by atoms with van der Waals surface area (Å²) in [5, 5.41) is -1.85. The van der Waals surface area contributed by atoms with Gasteiger partial charge in [-0.2, -0.15) is 0 Å². The summed E-state index contributed by atoms with van der Waals surface area (Å²) in [5.74, 6) is -0.697. The second kappa shape index (κ2) is 9.91. The second-order valence-electron chi connectivity index (χ2n) is 9.18. The van der Waals surface area contributed by atoms with E-state index in [0.29, 0.717) is 22.0 Å². The van der Waals surface area contributed by atoms with Crippen LogP contribution in [0, 0.1) is 12.7 Å². The fourth-order valence-corrected chi connectivity index (χ4v) is 8.34. The lowest BCUT2D eigenvalue weighted by Gasteiger charge is -2.17. The fourth-order valence-electron chi connectivity index (χ4n) is 4.81. The molecule has 5 aromatic rings. The Kier molecular flexibility index (Phi) is 6.74. The SMILES string of the molecule is C=CC(c1ccnc2ccccc12)S(=O)(=O)c1cn(S(=O)(=O)C(C=C)c2ccc(C)cc2)c2ccc(F)cc12. The average Bonchev–Trinajstić information content (AvgIpc) is 3.31. The normalized spacial score (nSPS) is 13.8. The first kappa shape index (κ1) is 26.5. The third-order valence-electron chi connectivity index (χ3n) is 6.76. The smallest absolute Gasteiger partial charge is 0.249 e. The molecule has 0 bridgehead atoms. The standard InChI is InChI=1S/C30H25FN2O4S2/c1-4-28(21-12-10-20(3)11-13-21)39(36,37)33-19-30(25-18-22(31)14-15-27(25)33)38(34,35)29(5-2)24-16-17-32-26-9-7-6-8-23(24)26/h4-19,28-29H,1-2H2,3H3. The summed E-state index contributed by atoms with van der Waals surface area (Å²) >= 11 is 0. The zero-order valence-electron chi connectivity index (χ0n) is 21.0. The van der Waals surface area contributed by atoms with E-state index < -0.39 is 36.2 Å². The van der Waals surface area contributed by atoms with Crippen molar-refractivity contribution < 1.29 is 21.2 Å². The van der Waals surface area contributed by atoms with Crippen LogP contribution in [0.3, 0.4) is 0 Å². The number of rotatable bonds is 8. The van der Waals surface area contributed by atoms with Crippen molar-refractivity contribution in [3.63, 3.8) is 0 Å². The predicted molar refractivity (Wildman–Crippen MR) is 152 cm³/mol. The molecule has 3 aromatic carbocycles. The minimum atomic E-state index is -4.30. The van der Waals surface area contributed by atoms with Crippen molar-refractivity contribution in [3.8, 4) is 0 Å². The van der Waals surface area contributed by atoms with Crippen LogP contribution in [-0.2, 0) is 19.9 Å². The Labute approximate surface area is 226 Å². The van der Waals surface area contributed by atoms with Crippen LogP contribution in [0.15, 0.2) is 115 Å². The molecule has 0 radical (unpaired) electrons. The van der Waals surface area contributed by atoms with Gasteiger partial charge in [-0.1, -0.05) is 60.2 Å². The maximum Gasteiger partial charge on any atom is 0.249 e. The summed E-state index contributed by atoms with van der Waals surface area (Å²) in [6.45, 7) is 9.37. The van der Waals surface area contributed by atoms with E-state index in [1.54, 1.807) is 54.6 Å². The Balaban J connectivity index is 1.74. The van der Waals surface area contributed by atoms with Crippen molar-refractivity contribution in [3.05, 3.63) is 133 Å². The third kappa shape index (κ3) is 4.47. The summed E-state index contributed by atoms with van der Waals surface area (Å²) in [6, 6.07) is 19.0. The quantitative estimate of drug-likeness (QED) is 0.204. The number of nitrogens with zero attached hydrogens (tertiary/aromatic N) is 2. The van der Waals surface area contributed by atoms with E-state index in [9.17, 15) is 21.2 Å². The van der Waals surface area contributed by atoms with Gasteiger partial charge in [0.15, 0.2) is 9.84 Å². The highest BCUT2D eigenvalue weighted by Crippen LogP contribution is 2.39. The molecule has 198 valence electrons. The number of hydrogen-bond donors (Lipinski definition) is 0. The molecule has 39 heavy (non-hydrogen) atoms. The number of halogens is 1. The molecule has 0 saturated heterocycles. The van der Waals surface area contributed by atoms with Gasteiger partial charge in [-0.25, -0.2) is 25.2 Å². The lowest BCUT2D eigenvalue weighted by molar-refractivity contribution is 0.582. The van der Waals surface area contributed by atoms with Gasteiger partial charge in [0.2, 0.25) is 10.0 Å². The molecule has 2 heterocycles. The fraction of sp³-hybridized carbons (Fsp3) is 0.100.